The first-order chi connectivity index (χ1) is 8.72. The van der Waals surface area contributed by atoms with E-state index in [1.54, 1.807) is 4.68 Å². The van der Waals surface area contributed by atoms with Crippen molar-refractivity contribution in [2.24, 2.45) is 17.8 Å². The summed E-state index contributed by atoms with van der Waals surface area (Å²) in [6.45, 7) is 0. The lowest BCUT2D eigenvalue weighted by molar-refractivity contribution is -0.145. The standard InChI is InChI=1S/C12H16N4O2/c17-12(18)10-8-2-6-1-7(3-8)5-9(4-6)11-13-14-15-16(10)11/h6-10H,1-5H2,(H,17,18). The second-order valence-corrected chi connectivity index (χ2v) is 6.13. The topological polar surface area (TPSA) is 80.9 Å². The van der Waals surface area contributed by atoms with Crippen LogP contribution in [-0.4, -0.2) is 31.3 Å². The number of aromatic nitrogens is 4. The minimum atomic E-state index is -0.782. The molecule has 1 aromatic rings. The lowest BCUT2D eigenvalue weighted by Crippen LogP contribution is -2.41. The molecule has 2 aliphatic carbocycles. The van der Waals surface area contributed by atoms with Gasteiger partial charge in [0.15, 0.2) is 11.9 Å². The Morgan fingerprint density at radius 3 is 2.56 bits per heavy atom. The van der Waals surface area contributed by atoms with Crippen molar-refractivity contribution < 1.29 is 9.90 Å². The largest absolute Gasteiger partial charge is 0.480 e. The van der Waals surface area contributed by atoms with Gasteiger partial charge in [-0.1, -0.05) is 0 Å². The highest BCUT2D eigenvalue weighted by Gasteiger charge is 2.47. The van der Waals surface area contributed by atoms with E-state index < -0.39 is 12.0 Å². The SMILES string of the molecule is O=C(O)C1C2CC3CC(CC(C3)c3nnnn31)C2. The quantitative estimate of drug-likeness (QED) is 0.808. The molecule has 0 amide bonds. The number of carbonyl (C=O) groups is 1. The molecule has 2 aliphatic heterocycles. The molecule has 4 bridgehead atoms. The van der Waals surface area contributed by atoms with Gasteiger partial charge in [0.25, 0.3) is 0 Å². The molecule has 3 atom stereocenters. The van der Waals surface area contributed by atoms with Crippen molar-refractivity contribution in [1.29, 1.82) is 0 Å². The Hall–Kier alpha value is -1.46. The number of tetrazole rings is 1. The van der Waals surface area contributed by atoms with Crippen molar-refractivity contribution in [3.05, 3.63) is 5.82 Å². The Balaban J connectivity index is 1.87. The molecule has 2 saturated carbocycles. The third-order valence-corrected chi connectivity index (χ3v) is 5.02. The van der Waals surface area contributed by atoms with Crippen molar-refractivity contribution in [3.8, 4) is 0 Å². The van der Waals surface area contributed by atoms with Gasteiger partial charge < -0.3 is 5.11 Å². The summed E-state index contributed by atoms with van der Waals surface area (Å²) in [5.41, 5.74) is 0. The van der Waals surface area contributed by atoms with Crippen molar-refractivity contribution in [2.45, 2.75) is 44.1 Å². The van der Waals surface area contributed by atoms with Crippen molar-refractivity contribution >= 4 is 5.97 Å². The van der Waals surface area contributed by atoms with Gasteiger partial charge in [0.05, 0.1) is 0 Å². The van der Waals surface area contributed by atoms with Gasteiger partial charge in [-0.05, 0) is 60.3 Å². The smallest absolute Gasteiger partial charge is 0.328 e. The first kappa shape index (κ1) is 10.5. The van der Waals surface area contributed by atoms with E-state index >= 15 is 0 Å². The maximum atomic E-state index is 11.6. The summed E-state index contributed by atoms with van der Waals surface area (Å²) in [7, 11) is 0. The number of hydrogen-bond acceptors (Lipinski definition) is 4. The first-order valence-electron chi connectivity index (χ1n) is 6.73. The van der Waals surface area contributed by atoms with Gasteiger partial charge in [0, 0.05) is 5.92 Å². The Morgan fingerprint density at radius 2 is 1.89 bits per heavy atom. The van der Waals surface area contributed by atoms with Crippen molar-refractivity contribution in [3.63, 3.8) is 0 Å². The van der Waals surface area contributed by atoms with E-state index in [-0.39, 0.29) is 5.92 Å². The van der Waals surface area contributed by atoms with Crippen LogP contribution in [0.1, 0.15) is 49.9 Å². The summed E-state index contributed by atoms with van der Waals surface area (Å²) in [4.78, 5) is 11.6. The zero-order chi connectivity index (χ0) is 12.3. The van der Waals surface area contributed by atoms with E-state index in [0.29, 0.717) is 17.8 Å². The molecule has 0 radical (unpaired) electrons. The van der Waals surface area contributed by atoms with Gasteiger partial charge in [-0.3, -0.25) is 0 Å². The molecule has 6 heteroatoms. The number of nitrogens with zero attached hydrogens (tertiary/aromatic N) is 4. The summed E-state index contributed by atoms with van der Waals surface area (Å²) in [5.74, 6) is 1.96. The maximum Gasteiger partial charge on any atom is 0.328 e. The van der Waals surface area contributed by atoms with Crippen LogP contribution in [0, 0.1) is 17.8 Å². The van der Waals surface area contributed by atoms with Crippen LogP contribution >= 0.6 is 0 Å². The fourth-order valence-electron chi connectivity index (χ4n) is 4.54. The van der Waals surface area contributed by atoms with Gasteiger partial charge in [0.2, 0.25) is 0 Å². The van der Waals surface area contributed by atoms with Gasteiger partial charge in [0.1, 0.15) is 0 Å². The Morgan fingerprint density at radius 1 is 1.17 bits per heavy atom. The van der Waals surface area contributed by atoms with E-state index in [0.717, 1.165) is 31.5 Å². The van der Waals surface area contributed by atoms with Crippen LogP contribution in [0.25, 0.3) is 0 Å². The molecule has 1 N–H and O–H groups in total. The lowest BCUT2D eigenvalue weighted by atomic mass is 9.62. The Bertz CT molecular complexity index is 486. The monoisotopic (exact) mass is 248 g/mol. The molecule has 1 aromatic heterocycles. The summed E-state index contributed by atoms with van der Waals surface area (Å²) in [5, 5.41) is 21.3. The van der Waals surface area contributed by atoms with Gasteiger partial charge in [-0.15, -0.1) is 5.10 Å². The van der Waals surface area contributed by atoms with Crippen LogP contribution in [0.2, 0.25) is 0 Å². The first-order valence-corrected chi connectivity index (χ1v) is 6.73. The summed E-state index contributed by atoms with van der Waals surface area (Å²) < 4.78 is 1.59. The van der Waals surface area contributed by atoms with Crippen LogP contribution in [0.3, 0.4) is 0 Å². The van der Waals surface area contributed by atoms with Gasteiger partial charge in [-0.25, -0.2) is 9.48 Å². The van der Waals surface area contributed by atoms with Crippen molar-refractivity contribution in [1.82, 2.24) is 20.2 Å². The maximum absolute atomic E-state index is 11.6. The van der Waals surface area contributed by atoms with E-state index in [1.807, 2.05) is 0 Å². The molecule has 3 heterocycles. The second kappa shape index (κ2) is 3.52. The zero-order valence-electron chi connectivity index (χ0n) is 10.1. The lowest BCUT2D eigenvalue weighted by Gasteiger charge is -2.46. The molecule has 4 aliphatic rings. The number of carboxylic acid groups (broad SMARTS) is 1. The summed E-state index contributed by atoms with van der Waals surface area (Å²) in [6.07, 6.45) is 5.62. The average Bonchev–Trinajstić information content (AvgIpc) is 2.74. The fourth-order valence-corrected chi connectivity index (χ4v) is 4.54. The molecule has 0 saturated heterocycles. The highest BCUT2D eigenvalue weighted by atomic mass is 16.4. The predicted molar refractivity (Wildman–Crippen MR) is 60.8 cm³/mol. The van der Waals surface area contributed by atoms with E-state index in [4.69, 9.17) is 0 Å². The minimum Gasteiger partial charge on any atom is -0.480 e. The number of rotatable bonds is 1. The highest BCUT2D eigenvalue weighted by molar-refractivity contribution is 5.72. The number of aliphatic carboxylic acids is 1. The molecule has 2 fully saturated rings. The second-order valence-electron chi connectivity index (χ2n) is 6.13. The van der Waals surface area contributed by atoms with Crippen LogP contribution in [0.4, 0.5) is 0 Å². The molecule has 96 valence electrons. The third-order valence-electron chi connectivity index (χ3n) is 5.02. The highest BCUT2D eigenvalue weighted by Crippen LogP contribution is 2.52. The van der Waals surface area contributed by atoms with E-state index in [9.17, 15) is 9.90 Å². The molecule has 0 spiro atoms. The van der Waals surface area contributed by atoms with Crippen LogP contribution < -0.4 is 0 Å². The molecule has 0 aromatic carbocycles. The summed E-state index contributed by atoms with van der Waals surface area (Å²) in [6, 6.07) is -0.552. The number of hydrogen-bond donors (Lipinski definition) is 1. The van der Waals surface area contributed by atoms with Crippen LogP contribution in [0.5, 0.6) is 0 Å². The molecule has 3 unspecified atom stereocenters. The average molecular weight is 248 g/mol. The minimum absolute atomic E-state index is 0.203. The van der Waals surface area contributed by atoms with E-state index in [1.165, 1.54) is 6.42 Å². The summed E-state index contributed by atoms with van der Waals surface area (Å²) >= 11 is 0. The van der Waals surface area contributed by atoms with Crippen LogP contribution in [-0.2, 0) is 4.79 Å². The zero-order valence-corrected chi connectivity index (χ0v) is 10.1. The molecular formula is C12H16N4O2. The van der Waals surface area contributed by atoms with Gasteiger partial charge in [-0.2, -0.15) is 0 Å². The Labute approximate surface area is 104 Å². The predicted octanol–water partition coefficient (Wildman–Crippen LogP) is 1.22. The normalized spacial score (nSPS) is 41.2. The molecule has 5 rings (SSSR count). The third kappa shape index (κ3) is 1.34. The van der Waals surface area contributed by atoms with E-state index in [2.05, 4.69) is 15.5 Å². The molecule has 6 nitrogen and oxygen atoms in total. The Kier molecular flexibility index (Phi) is 2.05. The molecule has 18 heavy (non-hydrogen) atoms. The van der Waals surface area contributed by atoms with Gasteiger partial charge >= 0.3 is 5.97 Å². The van der Waals surface area contributed by atoms with Crippen LogP contribution in [0.15, 0.2) is 0 Å². The fraction of sp³-hybridized carbons (Fsp3) is 0.833. The van der Waals surface area contributed by atoms with Crippen molar-refractivity contribution in [2.75, 3.05) is 0 Å². The number of carboxylic acids is 1. The molecular weight excluding hydrogens is 232 g/mol.